The Balaban J connectivity index is 1.56. The standard InChI is InChI=1S/C21H27N3O5/c1-13-10-23(11-14(2)29-13)18(25)12-24-19(26)21(22-20(24)27)8-4-5-15-9-16(28-3)6-7-17(15)21/h6-7,9,13-14H,4-5,8,10-12H2,1-3H3,(H,22,27)/t13-,14+,21-/m0/s1. The molecule has 0 bridgehead atoms. The van der Waals surface area contributed by atoms with E-state index in [4.69, 9.17) is 9.47 Å². The van der Waals surface area contributed by atoms with Crippen molar-refractivity contribution in [2.45, 2.75) is 50.9 Å². The Hall–Kier alpha value is -2.61. The van der Waals surface area contributed by atoms with Gasteiger partial charge in [-0.25, -0.2) is 4.79 Å². The van der Waals surface area contributed by atoms with Crippen molar-refractivity contribution in [3.8, 4) is 5.75 Å². The van der Waals surface area contributed by atoms with Gasteiger partial charge in [0.25, 0.3) is 5.91 Å². The van der Waals surface area contributed by atoms with Crippen molar-refractivity contribution in [1.82, 2.24) is 15.1 Å². The molecule has 1 spiro atoms. The van der Waals surface area contributed by atoms with Crippen LogP contribution in [0.3, 0.4) is 0 Å². The van der Waals surface area contributed by atoms with E-state index in [1.54, 1.807) is 18.1 Å². The lowest BCUT2D eigenvalue weighted by Gasteiger charge is -2.36. The number of amides is 4. The largest absolute Gasteiger partial charge is 0.497 e. The normalized spacial score (nSPS) is 29.1. The molecular weight excluding hydrogens is 374 g/mol. The lowest BCUT2D eigenvalue weighted by Crippen LogP contribution is -2.52. The maximum Gasteiger partial charge on any atom is 0.325 e. The molecule has 3 aliphatic rings. The van der Waals surface area contributed by atoms with Crippen molar-refractivity contribution in [3.63, 3.8) is 0 Å². The highest BCUT2D eigenvalue weighted by Crippen LogP contribution is 2.41. The number of aryl methyl sites for hydroxylation is 1. The predicted octanol–water partition coefficient (Wildman–Crippen LogP) is 1.41. The first kappa shape index (κ1) is 19.7. The zero-order chi connectivity index (χ0) is 20.8. The van der Waals surface area contributed by atoms with Gasteiger partial charge >= 0.3 is 6.03 Å². The van der Waals surface area contributed by atoms with Crippen LogP contribution in [0.2, 0.25) is 0 Å². The number of ether oxygens (including phenoxy) is 2. The Morgan fingerprint density at radius 3 is 2.69 bits per heavy atom. The molecule has 3 atom stereocenters. The summed E-state index contributed by atoms with van der Waals surface area (Å²) in [7, 11) is 1.60. The second-order valence-electron chi connectivity index (χ2n) is 8.16. The number of hydrogen-bond acceptors (Lipinski definition) is 5. The van der Waals surface area contributed by atoms with Crippen LogP contribution in [0.15, 0.2) is 18.2 Å². The van der Waals surface area contributed by atoms with Gasteiger partial charge < -0.3 is 19.7 Å². The fraction of sp³-hybridized carbons (Fsp3) is 0.571. The number of fused-ring (bicyclic) bond motifs is 2. The summed E-state index contributed by atoms with van der Waals surface area (Å²) < 4.78 is 11.0. The molecule has 0 radical (unpaired) electrons. The summed E-state index contributed by atoms with van der Waals surface area (Å²) >= 11 is 0. The van der Waals surface area contributed by atoms with E-state index in [1.165, 1.54) is 0 Å². The number of methoxy groups -OCH3 is 1. The minimum atomic E-state index is -1.09. The molecule has 4 amide bonds. The molecule has 2 fully saturated rings. The van der Waals surface area contributed by atoms with Gasteiger partial charge in [-0.15, -0.1) is 0 Å². The molecule has 4 rings (SSSR count). The first-order chi connectivity index (χ1) is 13.8. The number of urea groups is 1. The molecule has 0 aromatic heterocycles. The molecule has 1 aliphatic carbocycles. The second kappa shape index (κ2) is 7.33. The van der Waals surface area contributed by atoms with Gasteiger partial charge in [-0.3, -0.25) is 14.5 Å². The minimum absolute atomic E-state index is 0.0719. The van der Waals surface area contributed by atoms with Crippen LogP contribution in [0, 0.1) is 0 Å². The molecule has 0 unspecified atom stereocenters. The highest BCUT2D eigenvalue weighted by molar-refractivity contribution is 6.09. The highest BCUT2D eigenvalue weighted by atomic mass is 16.5. The topological polar surface area (TPSA) is 88.2 Å². The SMILES string of the molecule is COc1ccc2c(c1)CCC[C@]21NC(=O)N(CC(=O)N2C[C@@H](C)O[C@@H](C)C2)C1=O. The van der Waals surface area contributed by atoms with Gasteiger partial charge in [0.1, 0.15) is 17.8 Å². The zero-order valence-electron chi connectivity index (χ0n) is 17.1. The van der Waals surface area contributed by atoms with Crippen molar-refractivity contribution in [3.05, 3.63) is 29.3 Å². The smallest absolute Gasteiger partial charge is 0.325 e. The quantitative estimate of drug-likeness (QED) is 0.774. The summed E-state index contributed by atoms with van der Waals surface area (Å²) in [5, 5.41) is 2.89. The minimum Gasteiger partial charge on any atom is -0.497 e. The van der Waals surface area contributed by atoms with E-state index in [2.05, 4.69) is 5.32 Å². The van der Waals surface area contributed by atoms with Crippen molar-refractivity contribution in [2.75, 3.05) is 26.7 Å². The summed E-state index contributed by atoms with van der Waals surface area (Å²) in [4.78, 5) is 41.6. The van der Waals surface area contributed by atoms with Gasteiger partial charge in [-0.2, -0.15) is 0 Å². The lowest BCUT2D eigenvalue weighted by molar-refractivity contribution is -0.147. The van der Waals surface area contributed by atoms with Gasteiger partial charge in [0, 0.05) is 13.1 Å². The second-order valence-corrected chi connectivity index (χ2v) is 8.16. The number of benzene rings is 1. The molecule has 0 saturated carbocycles. The Morgan fingerprint density at radius 1 is 1.28 bits per heavy atom. The zero-order valence-corrected chi connectivity index (χ0v) is 17.1. The van der Waals surface area contributed by atoms with Gasteiger partial charge in [0.2, 0.25) is 5.91 Å². The molecule has 1 aromatic rings. The first-order valence-corrected chi connectivity index (χ1v) is 10.1. The third-order valence-electron chi connectivity index (χ3n) is 6.01. The number of carbonyl (C=O) groups excluding carboxylic acids is 3. The summed E-state index contributed by atoms with van der Waals surface area (Å²) in [5.41, 5.74) is 0.697. The maximum atomic E-state index is 13.4. The molecule has 1 N–H and O–H groups in total. The summed E-state index contributed by atoms with van der Waals surface area (Å²) in [6.45, 7) is 4.48. The number of hydrogen-bond donors (Lipinski definition) is 1. The van der Waals surface area contributed by atoms with Crippen LogP contribution in [-0.4, -0.2) is 66.6 Å². The Labute approximate surface area is 170 Å². The molecular formula is C21H27N3O5. The van der Waals surface area contributed by atoms with Crippen molar-refractivity contribution >= 4 is 17.8 Å². The summed E-state index contributed by atoms with van der Waals surface area (Å²) in [6.07, 6.45) is 1.97. The monoisotopic (exact) mass is 401 g/mol. The van der Waals surface area contributed by atoms with E-state index in [0.29, 0.717) is 19.5 Å². The maximum absolute atomic E-state index is 13.4. The van der Waals surface area contributed by atoms with E-state index in [0.717, 1.165) is 34.6 Å². The molecule has 8 nitrogen and oxygen atoms in total. The van der Waals surface area contributed by atoms with Crippen molar-refractivity contribution < 1.29 is 23.9 Å². The Bertz CT molecular complexity index is 847. The van der Waals surface area contributed by atoms with E-state index in [9.17, 15) is 14.4 Å². The first-order valence-electron chi connectivity index (χ1n) is 10.1. The van der Waals surface area contributed by atoms with Gasteiger partial charge in [0.05, 0.1) is 19.3 Å². The van der Waals surface area contributed by atoms with Gasteiger partial charge in [-0.1, -0.05) is 6.07 Å². The fourth-order valence-electron chi connectivity index (χ4n) is 4.74. The van der Waals surface area contributed by atoms with Gasteiger partial charge in [-0.05, 0) is 56.4 Å². The lowest BCUT2D eigenvalue weighted by atomic mass is 9.76. The molecule has 2 heterocycles. The van der Waals surface area contributed by atoms with E-state index < -0.39 is 11.6 Å². The van der Waals surface area contributed by atoms with Crippen LogP contribution in [0.25, 0.3) is 0 Å². The highest BCUT2D eigenvalue weighted by Gasteiger charge is 2.54. The van der Waals surface area contributed by atoms with E-state index in [1.807, 2.05) is 26.0 Å². The average molecular weight is 401 g/mol. The number of nitrogens with zero attached hydrogens (tertiary/aromatic N) is 2. The molecule has 156 valence electrons. The third kappa shape index (κ3) is 3.35. The van der Waals surface area contributed by atoms with Crippen molar-refractivity contribution in [1.29, 1.82) is 0 Å². The number of rotatable bonds is 3. The summed E-state index contributed by atoms with van der Waals surface area (Å²) in [6, 6.07) is 5.05. The van der Waals surface area contributed by atoms with Gasteiger partial charge in [0.15, 0.2) is 0 Å². The van der Waals surface area contributed by atoms with Crippen LogP contribution >= 0.6 is 0 Å². The third-order valence-corrected chi connectivity index (χ3v) is 6.01. The molecule has 2 aliphatic heterocycles. The van der Waals surface area contributed by atoms with Crippen LogP contribution < -0.4 is 10.1 Å². The Kier molecular flexibility index (Phi) is 4.98. The average Bonchev–Trinajstić information content (AvgIpc) is 2.91. The van der Waals surface area contributed by atoms with Crippen LogP contribution in [0.5, 0.6) is 5.75 Å². The summed E-state index contributed by atoms with van der Waals surface area (Å²) in [5.74, 6) is 0.134. The molecule has 29 heavy (non-hydrogen) atoms. The molecule has 1 aromatic carbocycles. The number of carbonyl (C=O) groups is 3. The fourth-order valence-corrected chi connectivity index (χ4v) is 4.74. The van der Waals surface area contributed by atoms with E-state index in [-0.39, 0.29) is 30.6 Å². The van der Waals surface area contributed by atoms with Crippen LogP contribution in [-0.2, 0) is 26.3 Å². The molecule has 8 heteroatoms. The van der Waals surface area contributed by atoms with Crippen LogP contribution in [0.1, 0.15) is 37.8 Å². The molecule has 2 saturated heterocycles. The predicted molar refractivity (Wildman–Crippen MR) is 104 cm³/mol. The van der Waals surface area contributed by atoms with E-state index >= 15 is 0 Å². The van der Waals surface area contributed by atoms with Crippen molar-refractivity contribution in [2.24, 2.45) is 0 Å². The van der Waals surface area contributed by atoms with Crippen LogP contribution in [0.4, 0.5) is 4.79 Å². The number of nitrogens with one attached hydrogen (secondary N) is 1. The number of imide groups is 1. The Morgan fingerprint density at radius 2 is 2.00 bits per heavy atom. The number of morpholine rings is 1.